The number of nitrogens with two attached hydrogens (primary N) is 1. The smallest absolute Gasteiger partial charge is 0.138 e. The van der Waals surface area contributed by atoms with Crippen LogP contribution >= 0.6 is 11.3 Å². The van der Waals surface area contributed by atoms with Gasteiger partial charge in [-0.2, -0.15) is 0 Å². The maximum atomic E-state index is 5.84. The molecule has 0 unspecified atom stereocenters. The first-order chi connectivity index (χ1) is 54.4. The van der Waals surface area contributed by atoms with Crippen molar-refractivity contribution in [2.45, 2.75) is 111 Å². The molecule has 0 amide bonds. The Morgan fingerprint density at radius 2 is 0.611 bits per heavy atom. The first kappa shape index (κ1) is 80.0. The number of nitrogens with zero attached hydrogens (tertiary/aromatic N) is 3. The number of anilines is 1. The van der Waals surface area contributed by atoms with Gasteiger partial charge < -0.3 is 23.7 Å². The molecule has 0 saturated heterocycles. The second kappa shape index (κ2) is 36.5. The fraction of sp³-hybridized carbons (Fsp3) is 0.160. The maximum absolute atomic E-state index is 5.84. The number of rotatable bonds is 1. The van der Waals surface area contributed by atoms with E-state index in [9.17, 15) is 0 Å². The molecule has 566 valence electrons. The van der Waals surface area contributed by atoms with Crippen LogP contribution in [0.25, 0.3) is 113 Å². The van der Waals surface area contributed by atoms with Crippen LogP contribution in [-0.2, 0) is 7.05 Å². The van der Waals surface area contributed by atoms with Gasteiger partial charge in [0.1, 0.15) is 22.3 Å². The quantitative estimate of drug-likeness (QED) is 0.166. The van der Waals surface area contributed by atoms with E-state index in [0.717, 1.165) is 39.4 Å². The van der Waals surface area contributed by atoms with Gasteiger partial charge >= 0.3 is 0 Å². The summed E-state index contributed by atoms with van der Waals surface area (Å²) in [7, 11) is 2.08. The summed E-state index contributed by atoms with van der Waals surface area (Å²) < 4.78 is 18.9. The molecule has 0 atom stereocenters. The van der Waals surface area contributed by atoms with Gasteiger partial charge in [-0.3, -0.25) is 4.98 Å². The highest BCUT2D eigenvalue weighted by atomic mass is 32.1. The van der Waals surface area contributed by atoms with E-state index in [2.05, 4.69) is 379 Å². The Morgan fingerprint density at radius 1 is 0.257 bits per heavy atom. The van der Waals surface area contributed by atoms with Crippen molar-refractivity contribution in [2.24, 2.45) is 7.05 Å². The first-order valence-corrected chi connectivity index (χ1v) is 39.7. The summed E-state index contributed by atoms with van der Waals surface area (Å²) in [5.74, 6) is 0. The molecule has 0 fully saturated rings. The number of fused-ring (bicyclic) bond motifs is 15. The lowest BCUT2D eigenvalue weighted by molar-refractivity contribution is 0.665. The summed E-state index contributed by atoms with van der Waals surface area (Å²) in [6.45, 7) is 33.6. The van der Waals surface area contributed by atoms with E-state index in [1.165, 1.54) is 169 Å². The molecule has 0 aliphatic carbocycles. The molecule has 0 saturated carbocycles. The van der Waals surface area contributed by atoms with E-state index in [-0.39, 0.29) is 0 Å². The van der Waals surface area contributed by atoms with Crippen LogP contribution in [0.5, 0.6) is 0 Å². The van der Waals surface area contributed by atoms with Crippen molar-refractivity contribution in [1.29, 1.82) is 0 Å². The van der Waals surface area contributed by atoms with E-state index >= 15 is 0 Å². The number of hydrogen-bond acceptors (Lipinski definition) is 5. The fourth-order valence-corrected chi connectivity index (χ4v) is 15.2. The van der Waals surface area contributed by atoms with Crippen LogP contribution in [0.15, 0.2) is 318 Å². The zero-order chi connectivity index (χ0) is 80.0. The highest BCUT2D eigenvalue weighted by Gasteiger charge is 2.14. The van der Waals surface area contributed by atoms with E-state index < -0.39 is 0 Å². The number of aromatic nitrogens is 3. The third-order valence-electron chi connectivity index (χ3n) is 20.3. The average molecular weight is 1500 g/mol. The maximum Gasteiger partial charge on any atom is 0.138 e. The normalized spacial score (nSPS) is 10.7. The largest absolute Gasteiger partial charge is 0.456 e. The topological polar surface area (TPSA) is 75.0 Å². The molecule has 0 aliphatic rings. The molecule has 6 aromatic heterocycles. The van der Waals surface area contributed by atoms with Crippen LogP contribution in [0, 0.1) is 111 Å². The predicted molar refractivity (Wildman–Crippen MR) is 492 cm³/mol. The van der Waals surface area contributed by atoms with E-state index in [4.69, 9.17) is 14.6 Å². The SMILES string of the molecule is Cc1ccc(C)cc1.Cc1ccc2c(c1)c1cc(C)ccc1n2-c1ccccc1.Cc1ccc2oc3c(C)cccc3c2c1.Cc1ccc2oc3ccc(C)cc3c2c1.Cc1ccc2sc3ccc(C)cc3c2c1.Cc1cccc(C)c1.Cc1cccc(C)n1.Cc1ccccc1C.Cn1c2ccccc2c2cc(N)ccc21. The van der Waals surface area contributed by atoms with Crippen molar-refractivity contribution in [1.82, 2.24) is 14.1 Å². The number of para-hydroxylation sites is 3. The van der Waals surface area contributed by atoms with Crippen LogP contribution in [-0.4, -0.2) is 14.1 Å². The van der Waals surface area contributed by atoms with Gasteiger partial charge in [0, 0.05) is 104 Å². The summed E-state index contributed by atoms with van der Waals surface area (Å²) in [6, 6.07) is 108. The van der Waals surface area contributed by atoms with Gasteiger partial charge in [0.05, 0.1) is 11.0 Å². The number of aryl methyl sites for hydroxylation is 17. The second-order valence-corrected chi connectivity index (χ2v) is 31.2. The molecule has 20 rings (SSSR count). The molecule has 6 heterocycles. The summed E-state index contributed by atoms with van der Waals surface area (Å²) in [5, 5.41) is 12.8. The Labute approximate surface area is 671 Å². The number of pyridine rings is 1. The number of thiophene rings is 1. The van der Waals surface area contributed by atoms with Crippen molar-refractivity contribution in [3.63, 3.8) is 0 Å². The molecular formula is C106H104N4O2S. The molecule has 6 nitrogen and oxygen atoms in total. The Kier molecular flexibility index (Phi) is 25.9. The van der Waals surface area contributed by atoms with Gasteiger partial charge in [-0.15, -0.1) is 11.3 Å². The van der Waals surface area contributed by atoms with E-state index in [1.807, 2.05) is 73.7 Å². The third-order valence-corrected chi connectivity index (χ3v) is 21.4. The summed E-state index contributed by atoms with van der Waals surface area (Å²) in [4.78, 5) is 4.17. The molecule has 20 aromatic rings. The minimum absolute atomic E-state index is 0.818. The molecule has 0 aliphatic heterocycles. The summed E-state index contributed by atoms with van der Waals surface area (Å²) >= 11 is 1.88. The van der Waals surface area contributed by atoms with Crippen LogP contribution < -0.4 is 5.73 Å². The fourth-order valence-electron chi connectivity index (χ4n) is 14.1. The van der Waals surface area contributed by atoms with Crippen LogP contribution in [0.1, 0.15) is 89.3 Å². The Morgan fingerprint density at radius 3 is 1.08 bits per heavy atom. The minimum atomic E-state index is 0.818. The Balaban J connectivity index is 0.000000120. The number of nitrogen functional groups attached to an aromatic ring is 1. The lowest BCUT2D eigenvalue weighted by Gasteiger charge is -2.07. The van der Waals surface area contributed by atoms with Crippen LogP contribution in [0.3, 0.4) is 0 Å². The molecular weight excluding hydrogens is 1390 g/mol. The lowest BCUT2D eigenvalue weighted by Crippen LogP contribution is -1.92. The molecule has 7 heteroatoms. The molecule has 0 spiro atoms. The zero-order valence-corrected chi connectivity index (χ0v) is 69.4. The first-order valence-electron chi connectivity index (χ1n) is 38.9. The van der Waals surface area contributed by atoms with Crippen molar-refractivity contribution in [3.05, 3.63) is 399 Å². The monoisotopic (exact) mass is 1500 g/mol. The van der Waals surface area contributed by atoms with Gasteiger partial charge in [0.2, 0.25) is 0 Å². The third kappa shape index (κ3) is 20.0. The van der Waals surface area contributed by atoms with Gasteiger partial charge in [-0.05, 0) is 261 Å². The minimum Gasteiger partial charge on any atom is -0.456 e. The molecule has 14 aromatic carbocycles. The Bertz CT molecular complexity index is 6220. The number of benzene rings is 14. The van der Waals surface area contributed by atoms with Crippen LogP contribution in [0.4, 0.5) is 5.69 Å². The predicted octanol–water partition coefficient (Wildman–Crippen LogP) is 30.0. The van der Waals surface area contributed by atoms with Gasteiger partial charge in [0.15, 0.2) is 0 Å². The number of hydrogen-bond donors (Lipinski definition) is 1. The Hall–Kier alpha value is -12.6. The molecule has 2 N–H and O–H groups in total. The molecule has 0 bridgehead atoms. The highest BCUT2D eigenvalue weighted by molar-refractivity contribution is 7.25. The van der Waals surface area contributed by atoms with Gasteiger partial charge in [-0.1, -0.05) is 237 Å². The van der Waals surface area contributed by atoms with Crippen molar-refractivity contribution < 1.29 is 8.83 Å². The molecule has 113 heavy (non-hydrogen) atoms. The zero-order valence-electron chi connectivity index (χ0n) is 68.6. The highest BCUT2D eigenvalue weighted by Crippen LogP contribution is 2.37. The molecule has 0 radical (unpaired) electrons. The average Bonchev–Trinajstić information content (AvgIpc) is 1.60. The lowest BCUT2D eigenvalue weighted by atomic mass is 10.1. The van der Waals surface area contributed by atoms with Gasteiger partial charge in [-0.25, -0.2) is 0 Å². The van der Waals surface area contributed by atoms with Crippen molar-refractivity contribution >= 4 is 125 Å². The second-order valence-electron chi connectivity index (χ2n) is 30.1. The summed E-state index contributed by atoms with van der Waals surface area (Å²) in [6.07, 6.45) is 0. The number of furan rings is 2. The van der Waals surface area contributed by atoms with E-state index in [1.54, 1.807) is 0 Å². The summed E-state index contributed by atoms with van der Waals surface area (Å²) in [5.41, 5.74) is 37.3. The van der Waals surface area contributed by atoms with Crippen molar-refractivity contribution in [3.8, 4) is 5.69 Å². The van der Waals surface area contributed by atoms with Gasteiger partial charge in [0.25, 0.3) is 0 Å². The standard InChI is InChI=1S/C20H17N.2C14H12O.C14H12S.C13H12N2.3C8H10.C7H9N/c1-14-8-10-19-17(12-14)18-13-15(2)9-11-20(18)21(19)16-6-4-3-5-7-16;1-9-3-5-13-11(7-9)12-8-10(2)4-6-14(12)15-13;1-9-6-7-13-12(8-9)11-5-3-4-10(2)14(11)15-13;1-9-3-5-13-11(7-9)12-8-10(2)4-6-14(12)15-13;1-15-12-5-3-2-4-10(12)11-8-9(14)6-7-13(11)15;1-7-3-5-8(2)6-4-7;1-7-4-3-5-8(2)6-7;1-7-5-3-4-6-8(7)2;1-6-4-3-5-7(2)8-6/h3-13H,1-2H3;3*3-8H,1-2H3;2-8H,14H2,1H3;3*3-6H,1-2H3;3-5H,1-2H3. The van der Waals surface area contributed by atoms with Crippen LogP contribution in [0.2, 0.25) is 0 Å². The van der Waals surface area contributed by atoms with Crippen molar-refractivity contribution in [2.75, 3.05) is 5.73 Å². The van der Waals surface area contributed by atoms with E-state index in [0.29, 0.717) is 0 Å².